The van der Waals surface area contributed by atoms with Crippen LogP contribution in [0.25, 0.3) is 0 Å². The maximum Gasteiger partial charge on any atom is 0.327 e. The average molecular weight is 271 g/mol. The van der Waals surface area contributed by atoms with Crippen molar-refractivity contribution in [3.05, 3.63) is 0 Å². The van der Waals surface area contributed by atoms with Gasteiger partial charge in [0.15, 0.2) is 0 Å². The van der Waals surface area contributed by atoms with E-state index in [0.717, 1.165) is 13.1 Å². The molecule has 1 unspecified atom stereocenters. The first kappa shape index (κ1) is 15.9. The van der Waals surface area contributed by atoms with Gasteiger partial charge in [-0.2, -0.15) is 0 Å². The Morgan fingerprint density at radius 3 is 2.53 bits per heavy atom. The summed E-state index contributed by atoms with van der Waals surface area (Å²) in [5.41, 5.74) is 0. The van der Waals surface area contributed by atoms with Crippen LogP contribution in [-0.4, -0.2) is 60.6 Å². The monoisotopic (exact) mass is 271 g/mol. The first-order valence-corrected chi connectivity index (χ1v) is 6.91. The largest absolute Gasteiger partial charge is 0.480 e. The molecule has 6 nitrogen and oxygen atoms in total. The number of carbonyl (C=O) groups excluding carboxylic acids is 1. The normalized spacial score (nSPS) is 17.6. The van der Waals surface area contributed by atoms with Crippen LogP contribution in [-0.2, 0) is 9.59 Å². The van der Waals surface area contributed by atoms with Crippen LogP contribution in [0.3, 0.4) is 0 Å². The van der Waals surface area contributed by atoms with Crippen LogP contribution >= 0.6 is 0 Å². The van der Waals surface area contributed by atoms with E-state index in [1.165, 1.54) is 32.6 Å². The van der Waals surface area contributed by atoms with Gasteiger partial charge in [-0.15, -0.1) is 0 Å². The van der Waals surface area contributed by atoms with E-state index >= 15 is 0 Å². The minimum absolute atomic E-state index is 0.257. The molecule has 0 aromatic heterocycles. The molecule has 3 N–H and O–H groups in total. The molecule has 0 aromatic carbocycles. The Kier molecular flexibility index (Phi) is 6.80. The van der Waals surface area contributed by atoms with Crippen molar-refractivity contribution in [1.29, 1.82) is 0 Å². The summed E-state index contributed by atoms with van der Waals surface area (Å²) < 4.78 is 0. The first-order valence-electron chi connectivity index (χ1n) is 6.91. The lowest BCUT2D eigenvalue weighted by molar-refractivity contribution is -0.141. The third-order valence-corrected chi connectivity index (χ3v) is 3.61. The van der Waals surface area contributed by atoms with Gasteiger partial charge in [0.2, 0.25) is 5.91 Å². The van der Waals surface area contributed by atoms with E-state index in [-0.39, 0.29) is 12.5 Å². The highest BCUT2D eigenvalue weighted by Crippen LogP contribution is 2.21. The number of likely N-dealkylation sites (N-methyl/N-ethyl adjacent to an activating group) is 1. The molecule has 19 heavy (non-hydrogen) atoms. The number of carbonyl (C=O) groups is 2. The molecule has 1 atom stereocenters. The van der Waals surface area contributed by atoms with E-state index in [1.807, 2.05) is 0 Å². The van der Waals surface area contributed by atoms with Gasteiger partial charge >= 0.3 is 5.97 Å². The van der Waals surface area contributed by atoms with Gasteiger partial charge in [0.25, 0.3) is 0 Å². The van der Waals surface area contributed by atoms with Crippen molar-refractivity contribution in [3.63, 3.8) is 0 Å². The lowest BCUT2D eigenvalue weighted by Crippen LogP contribution is -2.47. The van der Waals surface area contributed by atoms with Crippen LogP contribution in [0.4, 0.5) is 0 Å². The Morgan fingerprint density at radius 2 is 2.00 bits per heavy atom. The molecule has 0 saturated heterocycles. The zero-order chi connectivity index (χ0) is 14.3. The Balaban J connectivity index is 2.17. The van der Waals surface area contributed by atoms with Gasteiger partial charge in [0.05, 0.1) is 0 Å². The van der Waals surface area contributed by atoms with Crippen molar-refractivity contribution >= 4 is 11.9 Å². The van der Waals surface area contributed by atoms with E-state index in [0.29, 0.717) is 6.04 Å². The molecular formula is C13H25N3O3. The number of rotatable bonds is 8. The highest BCUT2D eigenvalue weighted by Gasteiger charge is 2.20. The summed E-state index contributed by atoms with van der Waals surface area (Å²) in [5.74, 6) is -1.33. The van der Waals surface area contributed by atoms with Crippen LogP contribution in [0.2, 0.25) is 0 Å². The van der Waals surface area contributed by atoms with Gasteiger partial charge in [-0.1, -0.05) is 12.8 Å². The molecule has 6 heteroatoms. The second-order valence-corrected chi connectivity index (χ2v) is 5.21. The molecule has 1 aliphatic carbocycles. The summed E-state index contributed by atoms with van der Waals surface area (Å²) in [5, 5.41) is 14.4. The summed E-state index contributed by atoms with van der Waals surface area (Å²) in [4.78, 5) is 24.1. The van der Waals surface area contributed by atoms with Gasteiger partial charge in [0.1, 0.15) is 6.04 Å². The predicted molar refractivity (Wildman–Crippen MR) is 73.0 cm³/mol. The van der Waals surface area contributed by atoms with Crippen LogP contribution in [0, 0.1) is 0 Å². The number of nitrogens with one attached hydrogen (secondary N) is 2. The maximum atomic E-state index is 10.9. The highest BCUT2D eigenvalue weighted by molar-refractivity contribution is 5.82. The summed E-state index contributed by atoms with van der Waals surface area (Å²) in [6.45, 7) is 3.21. The zero-order valence-electron chi connectivity index (χ0n) is 11.8. The van der Waals surface area contributed by atoms with Gasteiger partial charge in [0, 0.05) is 32.6 Å². The standard InChI is InChI=1S/C13H25N3O3/c1-10(17)15-12(13(18)19)9-14-7-8-16(2)11-5-3-4-6-11/h11-12,14H,3-9H2,1-2H3,(H,15,17)(H,18,19). The van der Waals surface area contributed by atoms with Crippen molar-refractivity contribution in [1.82, 2.24) is 15.5 Å². The summed E-state index contributed by atoms with van der Waals surface area (Å²) in [6.07, 6.45) is 5.15. The van der Waals surface area contributed by atoms with Gasteiger partial charge in [-0.3, -0.25) is 4.79 Å². The van der Waals surface area contributed by atoms with Crippen LogP contribution < -0.4 is 10.6 Å². The fourth-order valence-electron chi connectivity index (χ4n) is 2.47. The van der Waals surface area contributed by atoms with Crippen LogP contribution in [0.15, 0.2) is 0 Å². The predicted octanol–water partition coefficient (Wildman–Crippen LogP) is 0.0397. The van der Waals surface area contributed by atoms with E-state index in [1.54, 1.807) is 0 Å². The number of hydrogen-bond donors (Lipinski definition) is 3. The fraction of sp³-hybridized carbons (Fsp3) is 0.846. The molecule has 1 amide bonds. The van der Waals surface area contributed by atoms with E-state index < -0.39 is 12.0 Å². The van der Waals surface area contributed by atoms with Crippen molar-refractivity contribution in [2.75, 3.05) is 26.7 Å². The van der Waals surface area contributed by atoms with Gasteiger partial charge in [-0.05, 0) is 19.9 Å². The summed E-state index contributed by atoms with van der Waals surface area (Å²) in [7, 11) is 2.11. The third-order valence-electron chi connectivity index (χ3n) is 3.61. The number of hydrogen-bond acceptors (Lipinski definition) is 4. The Morgan fingerprint density at radius 1 is 1.37 bits per heavy atom. The molecule has 0 heterocycles. The average Bonchev–Trinajstić information content (AvgIpc) is 2.85. The smallest absolute Gasteiger partial charge is 0.327 e. The molecule has 0 spiro atoms. The van der Waals surface area contributed by atoms with Crippen molar-refractivity contribution in [2.24, 2.45) is 0 Å². The third kappa shape index (κ3) is 6.02. The van der Waals surface area contributed by atoms with E-state index in [9.17, 15) is 9.59 Å². The topological polar surface area (TPSA) is 81.7 Å². The lowest BCUT2D eigenvalue weighted by Gasteiger charge is -2.24. The minimum atomic E-state index is -1.01. The van der Waals surface area contributed by atoms with E-state index in [4.69, 9.17) is 5.11 Å². The number of amides is 1. The molecule has 110 valence electrons. The highest BCUT2D eigenvalue weighted by atomic mass is 16.4. The fourth-order valence-corrected chi connectivity index (χ4v) is 2.47. The van der Waals surface area contributed by atoms with Crippen LogP contribution in [0.5, 0.6) is 0 Å². The maximum absolute atomic E-state index is 10.9. The second kappa shape index (κ2) is 8.12. The molecule has 0 aliphatic heterocycles. The van der Waals surface area contributed by atoms with Crippen molar-refractivity contribution < 1.29 is 14.7 Å². The number of carboxylic acids is 1. The minimum Gasteiger partial charge on any atom is -0.480 e. The molecule has 1 aliphatic rings. The van der Waals surface area contributed by atoms with Crippen molar-refractivity contribution in [2.45, 2.75) is 44.7 Å². The first-order chi connectivity index (χ1) is 9.00. The molecule has 0 aromatic rings. The quantitative estimate of drug-likeness (QED) is 0.543. The van der Waals surface area contributed by atoms with Gasteiger partial charge in [-0.25, -0.2) is 4.79 Å². The summed E-state index contributed by atoms with van der Waals surface area (Å²) >= 11 is 0. The second-order valence-electron chi connectivity index (χ2n) is 5.21. The number of nitrogens with zero attached hydrogens (tertiary/aromatic N) is 1. The zero-order valence-corrected chi connectivity index (χ0v) is 11.8. The molecule has 0 radical (unpaired) electrons. The molecule has 1 fully saturated rings. The van der Waals surface area contributed by atoms with Gasteiger partial charge < -0.3 is 20.6 Å². The lowest BCUT2D eigenvalue weighted by atomic mass is 10.2. The molecule has 1 rings (SSSR count). The SMILES string of the molecule is CC(=O)NC(CNCCN(C)C1CCCC1)C(=O)O. The molecule has 0 bridgehead atoms. The summed E-state index contributed by atoms with van der Waals surface area (Å²) in [6, 6.07) is -0.179. The van der Waals surface area contributed by atoms with E-state index in [2.05, 4.69) is 22.6 Å². The number of carboxylic acid groups (broad SMARTS) is 1. The van der Waals surface area contributed by atoms with Crippen LogP contribution in [0.1, 0.15) is 32.6 Å². The molecular weight excluding hydrogens is 246 g/mol. The number of aliphatic carboxylic acids is 1. The van der Waals surface area contributed by atoms with Crippen molar-refractivity contribution in [3.8, 4) is 0 Å². The Hall–Kier alpha value is -1.14. The Labute approximate surface area is 114 Å². The Bertz CT molecular complexity index is 304. The molecule has 1 saturated carbocycles.